The number of fused-ring (bicyclic) bond motifs is 1. The van der Waals surface area contributed by atoms with Gasteiger partial charge in [-0.1, -0.05) is 61.9 Å². The van der Waals surface area contributed by atoms with Crippen molar-refractivity contribution in [3.63, 3.8) is 0 Å². The quantitative estimate of drug-likeness (QED) is 0.575. The van der Waals surface area contributed by atoms with Crippen molar-refractivity contribution in [1.82, 2.24) is 4.90 Å². The van der Waals surface area contributed by atoms with Gasteiger partial charge in [0.1, 0.15) is 6.61 Å². The smallest absolute Gasteiger partial charge is 0.347 e. The number of carbonyl (C=O) groups is 1. The molecular formula is C23H27NO3S. The molecule has 2 aromatic carbocycles. The van der Waals surface area contributed by atoms with Crippen LogP contribution in [0.2, 0.25) is 0 Å². The Bertz CT molecular complexity index is 948. The average Bonchev–Trinajstić information content (AvgIpc) is 3.15. The van der Waals surface area contributed by atoms with Gasteiger partial charge in [-0.3, -0.25) is 0 Å². The first kappa shape index (κ1) is 20.5. The highest BCUT2D eigenvalue weighted by Crippen LogP contribution is 2.39. The Morgan fingerprint density at radius 3 is 2.61 bits per heavy atom. The number of aliphatic hydroxyl groups is 1. The van der Waals surface area contributed by atoms with Crippen LogP contribution in [0.15, 0.2) is 53.9 Å². The monoisotopic (exact) mass is 397 g/mol. The van der Waals surface area contributed by atoms with Crippen molar-refractivity contribution in [2.45, 2.75) is 26.4 Å². The molecule has 0 amide bonds. The van der Waals surface area contributed by atoms with Crippen molar-refractivity contribution in [3.8, 4) is 0 Å². The number of aryl methyl sites for hydroxylation is 1. The number of esters is 1. The van der Waals surface area contributed by atoms with Gasteiger partial charge in [0.15, 0.2) is 0 Å². The number of likely N-dealkylation sites (N-methyl/N-ethyl adjacent to an activating group) is 1. The Morgan fingerprint density at radius 1 is 1.14 bits per heavy atom. The van der Waals surface area contributed by atoms with Crippen LogP contribution < -0.4 is 0 Å². The molecule has 0 fully saturated rings. The molecule has 1 heterocycles. The summed E-state index contributed by atoms with van der Waals surface area (Å²) in [6.45, 7) is 8.78. The fourth-order valence-corrected chi connectivity index (χ4v) is 4.43. The molecule has 0 radical (unpaired) electrons. The zero-order valence-electron chi connectivity index (χ0n) is 16.6. The molecule has 148 valence electrons. The van der Waals surface area contributed by atoms with Gasteiger partial charge in [-0.15, -0.1) is 11.3 Å². The summed E-state index contributed by atoms with van der Waals surface area (Å²) in [5.74, 6) is -0.631. The number of rotatable bonds is 8. The number of hydrogen-bond acceptors (Lipinski definition) is 5. The van der Waals surface area contributed by atoms with E-state index >= 15 is 0 Å². The van der Waals surface area contributed by atoms with E-state index in [9.17, 15) is 9.90 Å². The summed E-state index contributed by atoms with van der Waals surface area (Å²) in [5, 5.41) is 14.5. The molecule has 0 aliphatic carbocycles. The molecule has 0 saturated heterocycles. The molecule has 0 aliphatic rings. The van der Waals surface area contributed by atoms with Crippen LogP contribution in [0.1, 0.15) is 30.5 Å². The van der Waals surface area contributed by atoms with Crippen molar-refractivity contribution in [2.75, 3.05) is 26.2 Å². The Hall–Kier alpha value is -2.21. The summed E-state index contributed by atoms with van der Waals surface area (Å²) in [6, 6.07) is 15.2. The first-order chi connectivity index (χ1) is 13.5. The molecule has 0 spiro atoms. The number of benzene rings is 2. The normalized spacial score (nSPS) is 13.6. The molecule has 0 aliphatic heterocycles. The van der Waals surface area contributed by atoms with Crippen LogP contribution in [-0.2, 0) is 15.1 Å². The first-order valence-corrected chi connectivity index (χ1v) is 10.5. The van der Waals surface area contributed by atoms with Crippen LogP contribution >= 0.6 is 11.3 Å². The number of thiophene rings is 1. The Labute approximate surface area is 170 Å². The van der Waals surface area contributed by atoms with E-state index in [2.05, 4.69) is 18.7 Å². The van der Waals surface area contributed by atoms with Gasteiger partial charge in [0.2, 0.25) is 5.60 Å². The van der Waals surface area contributed by atoms with E-state index in [-0.39, 0.29) is 6.61 Å². The largest absolute Gasteiger partial charge is 0.462 e. The fourth-order valence-electron chi connectivity index (χ4n) is 3.42. The minimum Gasteiger partial charge on any atom is -0.462 e. The fraction of sp³-hybridized carbons (Fsp3) is 0.348. The molecule has 0 bridgehead atoms. The summed E-state index contributed by atoms with van der Waals surface area (Å²) < 4.78 is 6.61. The zero-order chi connectivity index (χ0) is 20.1. The number of hydrogen-bond donors (Lipinski definition) is 1. The molecule has 4 nitrogen and oxygen atoms in total. The minimum absolute atomic E-state index is 0.247. The van der Waals surface area contributed by atoms with Gasteiger partial charge in [-0.2, -0.15) is 0 Å². The summed E-state index contributed by atoms with van der Waals surface area (Å²) in [5.41, 5.74) is 0.247. The van der Waals surface area contributed by atoms with E-state index in [0.717, 1.165) is 28.7 Å². The number of nitrogens with zero attached hydrogens (tertiary/aromatic N) is 1. The maximum Gasteiger partial charge on any atom is 0.347 e. The van der Waals surface area contributed by atoms with E-state index in [4.69, 9.17) is 4.74 Å². The van der Waals surface area contributed by atoms with Crippen molar-refractivity contribution in [1.29, 1.82) is 0 Å². The standard InChI is InChI=1S/C23H27NO3S/c1-4-24(5-2)13-14-27-22(25)23(26,18-10-8-9-17(3)15-18)20-16-28-21-12-7-6-11-19(20)21/h6-12,15-16,26H,4-5,13-14H2,1-3H3/t23-/m0/s1. The molecule has 1 atom stereocenters. The van der Waals surface area contributed by atoms with Crippen LogP contribution in [-0.4, -0.2) is 42.2 Å². The second-order valence-corrected chi connectivity index (χ2v) is 7.80. The molecule has 5 heteroatoms. The van der Waals surface area contributed by atoms with E-state index in [1.165, 1.54) is 11.3 Å². The molecule has 0 unspecified atom stereocenters. The maximum absolute atomic E-state index is 13.2. The van der Waals surface area contributed by atoms with Gasteiger partial charge in [-0.05, 0) is 42.4 Å². The third-order valence-corrected chi connectivity index (χ3v) is 6.10. The van der Waals surface area contributed by atoms with Crippen molar-refractivity contribution >= 4 is 27.4 Å². The maximum atomic E-state index is 13.2. The first-order valence-electron chi connectivity index (χ1n) is 9.66. The molecule has 1 N–H and O–H groups in total. The number of carbonyl (C=O) groups excluding carboxylic acids is 1. The molecule has 3 aromatic rings. The van der Waals surface area contributed by atoms with E-state index in [0.29, 0.717) is 17.7 Å². The highest BCUT2D eigenvalue weighted by molar-refractivity contribution is 7.17. The van der Waals surface area contributed by atoms with Crippen LogP contribution in [0.4, 0.5) is 0 Å². The van der Waals surface area contributed by atoms with Gasteiger partial charge >= 0.3 is 5.97 Å². The lowest BCUT2D eigenvalue weighted by Gasteiger charge is -2.27. The Balaban J connectivity index is 1.99. The van der Waals surface area contributed by atoms with Crippen LogP contribution in [0.5, 0.6) is 0 Å². The molecule has 3 rings (SSSR count). The highest BCUT2D eigenvalue weighted by Gasteiger charge is 2.43. The third kappa shape index (κ3) is 3.97. The predicted molar refractivity (Wildman–Crippen MR) is 115 cm³/mol. The van der Waals surface area contributed by atoms with Crippen LogP contribution in [0.25, 0.3) is 10.1 Å². The van der Waals surface area contributed by atoms with Gasteiger partial charge in [-0.25, -0.2) is 4.79 Å². The van der Waals surface area contributed by atoms with Crippen LogP contribution in [0, 0.1) is 6.92 Å². The summed E-state index contributed by atoms with van der Waals surface area (Å²) in [6.07, 6.45) is 0. The van der Waals surface area contributed by atoms with Crippen molar-refractivity contribution in [2.24, 2.45) is 0 Å². The lowest BCUT2D eigenvalue weighted by molar-refractivity contribution is -0.162. The van der Waals surface area contributed by atoms with Crippen LogP contribution in [0.3, 0.4) is 0 Å². The Kier molecular flexibility index (Phi) is 6.50. The van der Waals surface area contributed by atoms with E-state index < -0.39 is 11.6 Å². The summed E-state index contributed by atoms with van der Waals surface area (Å²) in [4.78, 5) is 15.4. The predicted octanol–water partition coefficient (Wildman–Crippen LogP) is 4.33. The van der Waals surface area contributed by atoms with Gasteiger partial charge in [0.25, 0.3) is 0 Å². The summed E-state index contributed by atoms with van der Waals surface area (Å²) >= 11 is 1.52. The van der Waals surface area contributed by atoms with E-state index in [1.807, 2.05) is 54.8 Å². The average molecular weight is 398 g/mol. The molecule has 28 heavy (non-hydrogen) atoms. The van der Waals surface area contributed by atoms with Gasteiger partial charge in [0, 0.05) is 16.8 Å². The lowest BCUT2D eigenvalue weighted by Crippen LogP contribution is -2.40. The second-order valence-electron chi connectivity index (χ2n) is 6.89. The van der Waals surface area contributed by atoms with Gasteiger partial charge < -0.3 is 14.7 Å². The molecule has 0 saturated carbocycles. The second kappa shape index (κ2) is 8.86. The highest BCUT2D eigenvalue weighted by atomic mass is 32.1. The number of ether oxygens (including phenoxy) is 1. The zero-order valence-corrected chi connectivity index (χ0v) is 17.5. The minimum atomic E-state index is -1.84. The van der Waals surface area contributed by atoms with E-state index in [1.54, 1.807) is 6.07 Å². The third-order valence-electron chi connectivity index (χ3n) is 5.14. The Morgan fingerprint density at radius 2 is 1.89 bits per heavy atom. The van der Waals surface area contributed by atoms with Crippen molar-refractivity contribution < 1.29 is 14.6 Å². The SMILES string of the molecule is CCN(CC)CCOC(=O)[C@](O)(c1cccc(C)c1)c1csc2ccccc12. The molecule has 1 aromatic heterocycles. The molecular weight excluding hydrogens is 370 g/mol. The van der Waals surface area contributed by atoms with Gasteiger partial charge in [0.05, 0.1) is 0 Å². The topological polar surface area (TPSA) is 49.8 Å². The van der Waals surface area contributed by atoms with Crippen molar-refractivity contribution in [3.05, 3.63) is 70.6 Å². The lowest BCUT2D eigenvalue weighted by atomic mass is 9.85. The summed E-state index contributed by atoms with van der Waals surface area (Å²) in [7, 11) is 0.